The minimum Gasteiger partial charge on any atom is -0.546 e. The Balaban J connectivity index is 0.00000336. The molecule has 8 nitrogen and oxygen atoms in total. The molecule has 1 aliphatic heterocycles. The number of methoxy groups -OCH3 is 1. The van der Waals surface area contributed by atoms with Gasteiger partial charge in [0, 0.05) is 45.6 Å². The molecule has 5 rings (SSSR count). The Kier molecular flexibility index (Phi) is 9.41. The van der Waals surface area contributed by atoms with Crippen LogP contribution in [0.4, 0.5) is 5.69 Å². The number of hydrogen-bond donors (Lipinski definition) is 1. The smallest absolute Gasteiger partial charge is 0.546 e. The number of aromatic nitrogens is 2. The maximum absolute atomic E-state index is 11.5. The molecule has 1 aromatic heterocycles. The minimum atomic E-state index is -0.943. The number of benzene rings is 3. The summed E-state index contributed by atoms with van der Waals surface area (Å²) < 4.78 is 13.4. The predicted octanol–water partition coefficient (Wildman–Crippen LogP) is 4.09. The molecule has 1 aliphatic rings. The van der Waals surface area contributed by atoms with Gasteiger partial charge in [-0.15, -0.1) is 24.3 Å². The molecule has 9 heteroatoms. The van der Waals surface area contributed by atoms with Gasteiger partial charge in [0.2, 0.25) is 0 Å². The van der Waals surface area contributed by atoms with E-state index in [2.05, 4.69) is 26.5 Å². The summed E-state index contributed by atoms with van der Waals surface area (Å²) in [6, 6.07) is 24.2. The molecule has 0 radical (unpaired) electrons. The molecule has 198 valence electrons. The second-order valence-electron chi connectivity index (χ2n) is 8.98. The number of hydrogen-bond acceptors (Lipinski definition) is 6. The average molecular weight is 689 g/mol. The summed E-state index contributed by atoms with van der Waals surface area (Å²) in [5.41, 5.74) is 3.91. The van der Waals surface area contributed by atoms with Crippen LogP contribution in [-0.2, 0) is 37.6 Å². The molecular weight excluding hydrogens is 659 g/mol. The van der Waals surface area contributed by atoms with Gasteiger partial charge in [-0.3, -0.25) is 4.90 Å². The molecule has 2 heterocycles. The number of nitrogens with zero attached hydrogens (tertiary/aromatic N) is 4. The van der Waals surface area contributed by atoms with Gasteiger partial charge in [0.25, 0.3) is 0 Å². The third-order valence-electron chi connectivity index (χ3n) is 6.58. The Morgan fingerprint density at radius 2 is 1.87 bits per heavy atom. The van der Waals surface area contributed by atoms with E-state index in [0.29, 0.717) is 19.7 Å². The Morgan fingerprint density at radius 1 is 1.08 bits per heavy atom. The summed E-state index contributed by atoms with van der Waals surface area (Å²) in [5, 5.41) is 9.43. The molecule has 4 aromatic rings. The topological polar surface area (TPSA) is 80.1 Å². The van der Waals surface area contributed by atoms with Gasteiger partial charge in [-0.25, -0.2) is 9.78 Å². The van der Waals surface area contributed by atoms with Crippen LogP contribution < -0.4 is 9.64 Å². The van der Waals surface area contributed by atoms with Crippen LogP contribution in [0.5, 0.6) is 5.75 Å². The second kappa shape index (κ2) is 12.9. The Hall–Kier alpha value is -3.37. The number of carbonyl (C=O) groups is 1. The summed E-state index contributed by atoms with van der Waals surface area (Å²) in [6.07, 6.45) is 0. The van der Waals surface area contributed by atoms with Crippen LogP contribution in [0.15, 0.2) is 66.7 Å². The fourth-order valence-corrected chi connectivity index (χ4v) is 4.62. The Bertz CT molecular complexity index is 1350. The Morgan fingerprint density at radius 3 is 2.61 bits per heavy atom. The molecule has 0 spiro atoms. The number of rotatable bonds is 10. The van der Waals surface area contributed by atoms with E-state index < -0.39 is 5.97 Å². The van der Waals surface area contributed by atoms with Crippen molar-refractivity contribution in [1.29, 1.82) is 0 Å². The predicted molar refractivity (Wildman–Crippen MR) is 142 cm³/mol. The first-order valence-corrected chi connectivity index (χ1v) is 12.4. The number of carboxylic acids is 1. The molecule has 0 aliphatic carbocycles. The fourth-order valence-electron chi connectivity index (χ4n) is 4.62. The number of anilines is 1. The molecule has 1 N–H and O–H groups in total. The van der Waals surface area contributed by atoms with E-state index in [0.717, 1.165) is 60.0 Å². The van der Waals surface area contributed by atoms with Crippen molar-refractivity contribution in [3.8, 4) is 5.75 Å². The summed E-state index contributed by atoms with van der Waals surface area (Å²) in [7, 11) is 1.66. The average Bonchev–Trinajstić information content (AvgIpc) is 3.27. The van der Waals surface area contributed by atoms with Crippen LogP contribution in [0.3, 0.4) is 0 Å². The van der Waals surface area contributed by atoms with Gasteiger partial charge in [0.15, 0.2) is 0 Å². The molecule has 1 fully saturated rings. The van der Waals surface area contributed by atoms with Gasteiger partial charge in [-0.2, -0.15) is 29.8 Å². The number of ether oxygens (including phenoxy) is 2. The molecule has 0 amide bonds. The number of para-hydroxylation sites is 1. The van der Waals surface area contributed by atoms with Crippen molar-refractivity contribution in [1.82, 2.24) is 14.5 Å². The van der Waals surface area contributed by atoms with Crippen molar-refractivity contribution in [2.45, 2.75) is 13.1 Å². The summed E-state index contributed by atoms with van der Waals surface area (Å²) in [4.78, 5) is 21.0. The molecule has 1 saturated heterocycles. The number of aromatic carboxylic acids is 1. The van der Waals surface area contributed by atoms with Crippen molar-refractivity contribution < 1.29 is 39.2 Å². The normalized spacial score (nSPS) is 13.8. The van der Waals surface area contributed by atoms with Gasteiger partial charge < -0.3 is 24.0 Å². The molecular formula is C29H30N4O4Os. The summed E-state index contributed by atoms with van der Waals surface area (Å²) in [5.74, 6) is 0.690. The molecule has 38 heavy (non-hydrogen) atoms. The van der Waals surface area contributed by atoms with E-state index in [-0.39, 0.29) is 25.4 Å². The van der Waals surface area contributed by atoms with Crippen LogP contribution in [0.1, 0.15) is 21.7 Å². The van der Waals surface area contributed by atoms with Gasteiger partial charge in [-0.1, -0.05) is 6.07 Å². The van der Waals surface area contributed by atoms with E-state index in [1.54, 1.807) is 31.9 Å². The van der Waals surface area contributed by atoms with Crippen LogP contribution in [0, 0.1) is 12.7 Å². The van der Waals surface area contributed by atoms with Gasteiger partial charge in [0.05, 0.1) is 29.7 Å². The van der Waals surface area contributed by atoms with Crippen LogP contribution in [-0.4, -0.2) is 65.4 Å². The van der Waals surface area contributed by atoms with Gasteiger partial charge in [0.1, 0.15) is 5.82 Å². The number of piperazine rings is 1. The zero-order valence-corrected chi connectivity index (χ0v) is 23.7. The van der Waals surface area contributed by atoms with Crippen LogP contribution in [0.2, 0.25) is 0 Å². The molecule has 3 aromatic carbocycles. The van der Waals surface area contributed by atoms with Crippen molar-refractivity contribution >= 4 is 22.7 Å². The monoisotopic (exact) mass is 690 g/mol. The minimum absolute atomic E-state index is 0. The van der Waals surface area contributed by atoms with Crippen molar-refractivity contribution in [2.75, 3.05) is 44.8 Å². The van der Waals surface area contributed by atoms with E-state index in [1.807, 2.05) is 42.5 Å². The van der Waals surface area contributed by atoms with Gasteiger partial charge in [-0.05, 0) is 30.5 Å². The summed E-state index contributed by atoms with van der Waals surface area (Å²) in [6.45, 7) is 7.00. The first-order valence-electron chi connectivity index (χ1n) is 12.4. The van der Waals surface area contributed by atoms with E-state index in [1.165, 1.54) is 0 Å². The standard InChI is InChI=1S/C29H30N4O4.Os/c1-36-18-17-33-26-19-23(29(34)35)11-12-24(26)30-28(33)20-31-13-15-32(16-14-31)25-9-5-6-10-27(25)37-21-22-7-3-2-4-8-22;/h2-9,11-12,19,21H,13-18,20H2,1H3,(H,34,35);/q-2;+2. The van der Waals surface area contributed by atoms with Crippen LogP contribution >= 0.6 is 0 Å². The van der Waals surface area contributed by atoms with E-state index >= 15 is 0 Å². The van der Waals surface area contributed by atoms with Gasteiger partial charge >= 0.3 is 25.8 Å². The summed E-state index contributed by atoms with van der Waals surface area (Å²) >= 11 is 0. The number of carboxylic acid groups (broad SMARTS) is 1. The number of fused-ring (bicyclic) bond motifs is 1. The quantitative estimate of drug-likeness (QED) is 0.252. The van der Waals surface area contributed by atoms with Crippen LogP contribution in [0.25, 0.3) is 11.0 Å². The van der Waals surface area contributed by atoms with Crippen molar-refractivity contribution in [2.24, 2.45) is 0 Å². The fraction of sp³-hybridized carbons (Fsp3) is 0.276. The maximum atomic E-state index is 11.5. The van der Waals surface area contributed by atoms with E-state index in [4.69, 9.17) is 14.5 Å². The Labute approximate surface area is 235 Å². The first-order chi connectivity index (χ1) is 18.1. The maximum Gasteiger partial charge on any atom is 2.00 e. The molecule has 0 bridgehead atoms. The molecule has 0 atom stereocenters. The zero-order chi connectivity index (χ0) is 25.6. The molecule has 0 unspecified atom stereocenters. The van der Waals surface area contributed by atoms with Crippen molar-refractivity contribution in [3.05, 3.63) is 96.4 Å². The first kappa shape index (κ1) is 27.7. The van der Waals surface area contributed by atoms with E-state index in [9.17, 15) is 9.90 Å². The zero-order valence-electron chi connectivity index (χ0n) is 21.2. The molecule has 0 saturated carbocycles. The third kappa shape index (κ3) is 6.36. The largest absolute Gasteiger partial charge is 2.00 e. The number of imidazole rings is 1. The van der Waals surface area contributed by atoms with Crippen molar-refractivity contribution in [3.63, 3.8) is 0 Å². The SMILES string of the molecule is COCCn1c(CN2CCN(c3ccc[c-]c3O[CH-]c3ccccc3)CC2)nc2ccc(C(=O)O)cc21.[Os+2]. The third-order valence-corrected chi connectivity index (χ3v) is 6.58. The second-order valence-corrected chi connectivity index (χ2v) is 8.98.